The van der Waals surface area contributed by atoms with Crippen molar-refractivity contribution in [2.24, 2.45) is 0 Å². The van der Waals surface area contributed by atoms with Crippen molar-refractivity contribution in [3.05, 3.63) is 42.1 Å². The fourth-order valence-corrected chi connectivity index (χ4v) is 2.67. The molecular formula is C19H28N2O5. The molecule has 2 rings (SSSR count). The van der Waals surface area contributed by atoms with Gasteiger partial charge in [-0.1, -0.05) is 26.3 Å². The SMILES string of the molecule is C=C[C@@H](c1onc(OCCCC)c1C(O)c1occc1OC)N(C)CC. The van der Waals surface area contributed by atoms with Crippen LogP contribution in [0.1, 0.15) is 55.9 Å². The number of hydrogen-bond acceptors (Lipinski definition) is 7. The molecule has 0 fully saturated rings. The molecule has 2 aromatic heterocycles. The van der Waals surface area contributed by atoms with E-state index >= 15 is 0 Å². The van der Waals surface area contributed by atoms with Crippen LogP contribution in [0.3, 0.4) is 0 Å². The molecule has 144 valence electrons. The van der Waals surface area contributed by atoms with E-state index in [1.807, 2.05) is 18.9 Å². The van der Waals surface area contributed by atoms with E-state index in [0.717, 1.165) is 19.4 Å². The van der Waals surface area contributed by atoms with Gasteiger partial charge in [-0.15, -0.1) is 6.58 Å². The summed E-state index contributed by atoms with van der Waals surface area (Å²) in [7, 11) is 3.46. The number of aliphatic hydroxyl groups is 1. The van der Waals surface area contributed by atoms with Gasteiger partial charge in [0, 0.05) is 6.07 Å². The van der Waals surface area contributed by atoms with Crippen LogP contribution < -0.4 is 9.47 Å². The number of unbranched alkanes of at least 4 members (excludes halogenated alkanes) is 1. The van der Waals surface area contributed by atoms with Gasteiger partial charge < -0.3 is 23.5 Å². The van der Waals surface area contributed by atoms with E-state index in [0.29, 0.717) is 23.7 Å². The lowest BCUT2D eigenvalue weighted by Gasteiger charge is -2.23. The van der Waals surface area contributed by atoms with Crippen LogP contribution in [0, 0.1) is 0 Å². The molecule has 0 aromatic carbocycles. The molecule has 1 unspecified atom stereocenters. The maximum Gasteiger partial charge on any atom is 0.260 e. The molecule has 2 heterocycles. The highest BCUT2D eigenvalue weighted by Gasteiger charge is 2.33. The van der Waals surface area contributed by atoms with Gasteiger partial charge in [0.05, 0.1) is 31.6 Å². The molecule has 0 aliphatic heterocycles. The predicted molar refractivity (Wildman–Crippen MR) is 97.5 cm³/mol. The summed E-state index contributed by atoms with van der Waals surface area (Å²) in [6.07, 6.45) is 3.94. The number of aromatic nitrogens is 1. The van der Waals surface area contributed by atoms with Crippen molar-refractivity contribution in [1.82, 2.24) is 10.1 Å². The van der Waals surface area contributed by atoms with Gasteiger partial charge in [-0.25, -0.2) is 0 Å². The standard InChI is InChI=1S/C19H28N2O5/c1-6-9-11-25-19-15(16(22)18-14(23-5)10-12-24-18)17(26-20-19)13(7-2)21(4)8-3/h7,10,12-13,16,22H,2,6,8-9,11H2,1,3-5H3/t13-,16?/m0/s1. The van der Waals surface area contributed by atoms with Crippen LogP contribution in [-0.2, 0) is 0 Å². The average Bonchev–Trinajstić information content (AvgIpc) is 3.29. The monoisotopic (exact) mass is 364 g/mol. The van der Waals surface area contributed by atoms with Crippen molar-refractivity contribution in [3.63, 3.8) is 0 Å². The second-order valence-electron chi connectivity index (χ2n) is 5.98. The molecule has 26 heavy (non-hydrogen) atoms. The zero-order valence-electron chi connectivity index (χ0n) is 15.9. The van der Waals surface area contributed by atoms with E-state index in [4.69, 9.17) is 18.4 Å². The molecule has 0 saturated heterocycles. The summed E-state index contributed by atoms with van der Waals surface area (Å²) in [5.41, 5.74) is 0.430. The van der Waals surface area contributed by atoms with Crippen molar-refractivity contribution >= 4 is 0 Å². The number of methoxy groups -OCH3 is 1. The molecular weight excluding hydrogens is 336 g/mol. The Balaban J connectivity index is 2.47. The molecule has 2 atom stereocenters. The first-order valence-electron chi connectivity index (χ1n) is 8.83. The third kappa shape index (κ3) is 4.11. The number of likely N-dealkylation sites (N-methyl/N-ethyl adjacent to an activating group) is 1. The second kappa shape index (κ2) is 9.45. The minimum Gasteiger partial charge on any atom is -0.493 e. The quantitative estimate of drug-likeness (QED) is 0.481. The molecule has 7 heteroatoms. The normalized spacial score (nSPS) is 13.6. The van der Waals surface area contributed by atoms with Crippen molar-refractivity contribution in [3.8, 4) is 11.6 Å². The lowest BCUT2D eigenvalue weighted by atomic mass is 10.0. The number of nitrogens with zero attached hydrogens (tertiary/aromatic N) is 2. The Bertz CT molecular complexity index is 694. The summed E-state index contributed by atoms with van der Waals surface area (Å²) in [5, 5.41) is 15.0. The predicted octanol–water partition coefficient (Wildman–Crippen LogP) is 3.72. The summed E-state index contributed by atoms with van der Waals surface area (Å²) >= 11 is 0. The van der Waals surface area contributed by atoms with Crippen LogP contribution in [0.2, 0.25) is 0 Å². The van der Waals surface area contributed by atoms with Gasteiger partial charge in [-0.3, -0.25) is 4.90 Å². The van der Waals surface area contributed by atoms with Gasteiger partial charge in [-0.2, -0.15) is 0 Å². The highest BCUT2D eigenvalue weighted by Crippen LogP contribution is 2.40. The van der Waals surface area contributed by atoms with E-state index in [1.54, 1.807) is 12.1 Å². The Morgan fingerprint density at radius 2 is 2.15 bits per heavy atom. The summed E-state index contributed by atoms with van der Waals surface area (Å²) in [6.45, 7) is 9.24. The van der Waals surface area contributed by atoms with E-state index in [2.05, 4.69) is 18.7 Å². The molecule has 1 N–H and O–H groups in total. The highest BCUT2D eigenvalue weighted by atomic mass is 16.5. The largest absolute Gasteiger partial charge is 0.493 e. The number of rotatable bonds is 11. The Morgan fingerprint density at radius 1 is 1.38 bits per heavy atom. The highest BCUT2D eigenvalue weighted by molar-refractivity contribution is 5.41. The number of ether oxygens (including phenoxy) is 2. The van der Waals surface area contributed by atoms with Gasteiger partial charge in [0.15, 0.2) is 17.3 Å². The molecule has 0 spiro atoms. The maximum absolute atomic E-state index is 11.0. The zero-order chi connectivity index (χ0) is 19.1. The van der Waals surface area contributed by atoms with Crippen molar-refractivity contribution in [2.45, 2.75) is 38.8 Å². The van der Waals surface area contributed by atoms with E-state index in [1.165, 1.54) is 13.4 Å². The fourth-order valence-electron chi connectivity index (χ4n) is 2.67. The summed E-state index contributed by atoms with van der Waals surface area (Å²) in [5.74, 6) is 1.46. The third-order valence-electron chi connectivity index (χ3n) is 4.32. The van der Waals surface area contributed by atoms with Crippen molar-refractivity contribution in [1.29, 1.82) is 0 Å². The number of aliphatic hydroxyl groups excluding tert-OH is 1. The average molecular weight is 364 g/mol. The Morgan fingerprint density at radius 3 is 2.77 bits per heavy atom. The van der Waals surface area contributed by atoms with Crippen LogP contribution in [0.15, 0.2) is 33.9 Å². The fraction of sp³-hybridized carbons (Fsp3) is 0.526. The van der Waals surface area contributed by atoms with Crippen LogP contribution in [-0.4, -0.2) is 42.5 Å². The molecule has 7 nitrogen and oxygen atoms in total. The van der Waals surface area contributed by atoms with Crippen LogP contribution in [0.25, 0.3) is 0 Å². The van der Waals surface area contributed by atoms with Gasteiger partial charge in [-0.05, 0) is 25.2 Å². The minimum atomic E-state index is -1.13. The molecule has 0 radical (unpaired) electrons. The zero-order valence-corrected chi connectivity index (χ0v) is 15.9. The smallest absolute Gasteiger partial charge is 0.260 e. The second-order valence-corrected chi connectivity index (χ2v) is 5.98. The molecule has 0 saturated carbocycles. The molecule has 0 aliphatic rings. The Hall–Kier alpha value is -2.25. The first-order chi connectivity index (χ1) is 12.6. The number of furan rings is 1. The van der Waals surface area contributed by atoms with Gasteiger partial charge in [0.1, 0.15) is 6.10 Å². The van der Waals surface area contributed by atoms with E-state index < -0.39 is 6.10 Å². The summed E-state index contributed by atoms with van der Waals surface area (Å²) in [4.78, 5) is 2.03. The lowest BCUT2D eigenvalue weighted by Crippen LogP contribution is -2.23. The van der Waals surface area contributed by atoms with Gasteiger partial charge in [0.2, 0.25) is 0 Å². The summed E-state index contributed by atoms with van der Waals surface area (Å²) in [6, 6.07) is 1.38. The Kier molecular flexibility index (Phi) is 7.29. The summed E-state index contributed by atoms with van der Waals surface area (Å²) < 4.78 is 22.0. The molecule has 0 amide bonds. The van der Waals surface area contributed by atoms with E-state index in [9.17, 15) is 5.11 Å². The van der Waals surface area contributed by atoms with Crippen LogP contribution in [0.4, 0.5) is 0 Å². The van der Waals surface area contributed by atoms with Crippen LogP contribution in [0.5, 0.6) is 11.6 Å². The minimum absolute atomic E-state index is 0.260. The maximum atomic E-state index is 11.0. The molecule has 0 aliphatic carbocycles. The van der Waals surface area contributed by atoms with Gasteiger partial charge in [0.25, 0.3) is 5.88 Å². The van der Waals surface area contributed by atoms with Crippen molar-refractivity contribution in [2.75, 3.05) is 27.3 Å². The Labute approximate surface area is 154 Å². The van der Waals surface area contributed by atoms with Gasteiger partial charge >= 0.3 is 0 Å². The van der Waals surface area contributed by atoms with Crippen molar-refractivity contribution < 1.29 is 23.5 Å². The van der Waals surface area contributed by atoms with E-state index in [-0.39, 0.29) is 17.7 Å². The molecule has 0 bridgehead atoms. The number of hydrogen-bond donors (Lipinski definition) is 1. The first kappa shape index (κ1) is 20.1. The lowest BCUT2D eigenvalue weighted by molar-refractivity contribution is 0.170. The first-order valence-corrected chi connectivity index (χ1v) is 8.83. The third-order valence-corrected chi connectivity index (χ3v) is 4.32. The topological polar surface area (TPSA) is 81.1 Å². The van der Waals surface area contributed by atoms with Crippen LogP contribution >= 0.6 is 0 Å². The molecule has 2 aromatic rings.